The van der Waals surface area contributed by atoms with Gasteiger partial charge in [-0.05, 0) is 43.4 Å². The van der Waals surface area contributed by atoms with Gasteiger partial charge in [0.15, 0.2) is 0 Å². The van der Waals surface area contributed by atoms with Crippen molar-refractivity contribution in [3.63, 3.8) is 0 Å². The molecular weight excluding hydrogens is 296 g/mol. The van der Waals surface area contributed by atoms with Gasteiger partial charge in [-0.15, -0.1) is 0 Å². The van der Waals surface area contributed by atoms with Crippen LogP contribution in [0.3, 0.4) is 0 Å². The molecule has 23 heavy (non-hydrogen) atoms. The van der Waals surface area contributed by atoms with E-state index in [2.05, 4.69) is 0 Å². The fourth-order valence-electron chi connectivity index (χ4n) is 2.67. The summed E-state index contributed by atoms with van der Waals surface area (Å²) in [6.45, 7) is 1.81. The summed E-state index contributed by atoms with van der Waals surface area (Å²) in [6, 6.07) is 3.58. The van der Waals surface area contributed by atoms with E-state index in [-0.39, 0.29) is 12.5 Å². The largest absolute Gasteiger partial charge is 0.497 e. The van der Waals surface area contributed by atoms with E-state index in [0.29, 0.717) is 11.5 Å². The Morgan fingerprint density at radius 1 is 1.13 bits per heavy atom. The van der Waals surface area contributed by atoms with Gasteiger partial charge in [-0.25, -0.2) is 0 Å². The number of aliphatic hydroxyl groups excluding tert-OH is 1. The van der Waals surface area contributed by atoms with E-state index in [1.165, 1.54) is 0 Å². The molecule has 0 fully saturated rings. The summed E-state index contributed by atoms with van der Waals surface area (Å²) in [4.78, 5) is 11.1. The maximum absolute atomic E-state index is 11.1. The second kappa shape index (κ2) is 10.1. The van der Waals surface area contributed by atoms with Crippen LogP contribution in [0.1, 0.15) is 50.2 Å². The molecule has 0 aromatic heterocycles. The molecule has 1 atom stereocenters. The van der Waals surface area contributed by atoms with Crippen LogP contribution in [0.4, 0.5) is 0 Å². The molecule has 1 aromatic rings. The summed E-state index contributed by atoms with van der Waals surface area (Å²) >= 11 is 0. The Kier molecular flexibility index (Phi) is 8.48. The lowest BCUT2D eigenvalue weighted by molar-refractivity contribution is -0.136. The number of ether oxygens (including phenoxy) is 2. The number of carboxylic acids is 1. The third-order valence-electron chi connectivity index (χ3n) is 3.87. The van der Waals surface area contributed by atoms with E-state index in [1.807, 2.05) is 0 Å². The van der Waals surface area contributed by atoms with Gasteiger partial charge in [-0.3, -0.25) is 4.79 Å². The van der Waals surface area contributed by atoms with Crippen LogP contribution in [0, 0.1) is 0 Å². The molecule has 0 radical (unpaired) electrons. The molecule has 1 rings (SSSR count). The van der Waals surface area contributed by atoms with Gasteiger partial charge in [0.05, 0.1) is 26.7 Å². The third kappa shape index (κ3) is 6.91. The fraction of sp³-hybridized carbons (Fsp3) is 0.611. The average molecular weight is 324 g/mol. The predicted molar refractivity (Wildman–Crippen MR) is 89.4 cm³/mol. The van der Waals surface area contributed by atoms with Gasteiger partial charge in [0, 0.05) is 6.07 Å². The lowest BCUT2D eigenvalue weighted by Crippen LogP contribution is -2.06. The van der Waals surface area contributed by atoms with Crippen molar-refractivity contribution in [2.45, 2.75) is 58.0 Å². The molecular formula is C18H28O5. The van der Waals surface area contributed by atoms with Crippen LogP contribution in [0.5, 0.6) is 11.5 Å². The number of unbranched alkanes of at least 4 members (excludes halogenated alkanes) is 3. The number of hydrogen-bond donors (Lipinski definition) is 2. The molecule has 130 valence electrons. The van der Waals surface area contributed by atoms with Gasteiger partial charge >= 0.3 is 5.97 Å². The summed E-state index contributed by atoms with van der Waals surface area (Å²) in [5.41, 5.74) is 1.70. The molecule has 0 aliphatic heterocycles. The van der Waals surface area contributed by atoms with Crippen LogP contribution in [0.15, 0.2) is 12.1 Å². The number of methoxy groups -OCH3 is 2. The highest BCUT2D eigenvalue weighted by molar-refractivity contribution is 5.71. The number of carboxylic acid groups (broad SMARTS) is 1. The molecule has 0 bridgehead atoms. The maximum atomic E-state index is 11.1. The number of aliphatic hydroxyl groups is 1. The van der Waals surface area contributed by atoms with Crippen LogP contribution in [0.2, 0.25) is 0 Å². The highest BCUT2D eigenvalue weighted by Crippen LogP contribution is 2.30. The first-order chi connectivity index (χ1) is 11.0. The molecule has 0 aliphatic rings. The van der Waals surface area contributed by atoms with Gasteiger partial charge in [0.1, 0.15) is 11.5 Å². The molecule has 0 aliphatic carbocycles. The van der Waals surface area contributed by atoms with Crippen molar-refractivity contribution in [1.82, 2.24) is 0 Å². The first-order valence-electron chi connectivity index (χ1n) is 8.11. The molecule has 0 amide bonds. The van der Waals surface area contributed by atoms with E-state index in [0.717, 1.165) is 49.7 Å². The van der Waals surface area contributed by atoms with Crippen molar-refractivity contribution < 1.29 is 24.5 Å². The van der Waals surface area contributed by atoms with Crippen molar-refractivity contribution in [2.24, 2.45) is 0 Å². The maximum Gasteiger partial charge on any atom is 0.307 e. The number of rotatable bonds is 11. The minimum absolute atomic E-state index is 0.0368. The smallest absolute Gasteiger partial charge is 0.307 e. The normalized spacial score (nSPS) is 12.0. The summed E-state index contributed by atoms with van der Waals surface area (Å²) < 4.78 is 10.6. The van der Waals surface area contributed by atoms with Gasteiger partial charge < -0.3 is 19.7 Å². The Morgan fingerprint density at radius 2 is 1.83 bits per heavy atom. The number of benzene rings is 1. The molecule has 0 saturated carbocycles. The first-order valence-corrected chi connectivity index (χ1v) is 8.11. The molecule has 5 nitrogen and oxygen atoms in total. The lowest BCUT2D eigenvalue weighted by Gasteiger charge is -2.15. The van der Waals surface area contributed by atoms with Crippen LogP contribution < -0.4 is 9.47 Å². The summed E-state index contributed by atoms with van der Waals surface area (Å²) in [5, 5.41) is 18.3. The Balaban J connectivity index is 2.72. The van der Waals surface area contributed by atoms with Crippen LogP contribution >= 0.6 is 0 Å². The van der Waals surface area contributed by atoms with E-state index in [1.54, 1.807) is 33.3 Å². The van der Waals surface area contributed by atoms with Crippen molar-refractivity contribution in [1.29, 1.82) is 0 Å². The molecule has 2 N–H and O–H groups in total. The molecule has 0 saturated heterocycles. The van der Waals surface area contributed by atoms with Crippen LogP contribution in [0.25, 0.3) is 0 Å². The second-order valence-corrected chi connectivity index (χ2v) is 5.84. The Bertz CT molecular complexity index is 496. The van der Waals surface area contributed by atoms with Gasteiger partial charge in [-0.2, -0.15) is 0 Å². The van der Waals surface area contributed by atoms with Crippen LogP contribution in [-0.2, 0) is 17.6 Å². The minimum Gasteiger partial charge on any atom is -0.497 e. The summed E-state index contributed by atoms with van der Waals surface area (Å²) in [5.74, 6) is 0.432. The molecule has 1 unspecified atom stereocenters. The van der Waals surface area contributed by atoms with Crippen LogP contribution in [-0.4, -0.2) is 36.5 Å². The lowest BCUT2D eigenvalue weighted by atomic mass is 9.97. The van der Waals surface area contributed by atoms with E-state index >= 15 is 0 Å². The number of hydrogen-bond acceptors (Lipinski definition) is 4. The summed E-state index contributed by atoms with van der Waals surface area (Å²) in [7, 11) is 3.15. The highest BCUT2D eigenvalue weighted by atomic mass is 16.5. The topological polar surface area (TPSA) is 76.0 Å². The fourth-order valence-corrected chi connectivity index (χ4v) is 2.67. The van der Waals surface area contributed by atoms with Crippen molar-refractivity contribution in [3.8, 4) is 11.5 Å². The molecule has 0 heterocycles. The van der Waals surface area contributed by atoms with Crippen molar-refractivity contribution >= 4 is 5.97 Å². The average Bonchev–Trinajstić information content (AvgIpc) is 2.50. The molecule has 1 aromatic carbocycles. The summed E-state index contributed by atoms with van der Waals surface area (Å²) in [6.07, 6.45) is 5.44. The first kappa shape index (κ1) is 19.3. The third-order valence-corrected chi connectivity index (χ3v) is 3.87. The Morgan fingerprint density at radius 3 is 2.39 bits per heavy atom. The van der Waals surface area contributed by atoms with Gasteiger partial charge in [-0.1, -0.05) is 19.3 Å². The van der Waals surface area contributed by atoms with Gasteiger partial charge in [0.2, 0.25) is 0 Å². The van der Waals surface area contributed by atoms with E-state index in [4.69, 9.17) is 14.6 Å². The Labute approximate surface area is 138 Å². The van der Waals surface area contributed by atoms with Crippen molar-refractivity contribution in [3.05, 3.63) is 23.3 Å². The van der Waals surface area contributed by atoms with Gasteiger partial charge in [0.25, 0.3) is 0 Å². The second-order valence-electron chi connectivity index (χ2n) is 5.84. The zero-order valence-corrected chi connectivity index (χ0v) is 14.3. The quantitative estimate of drug-likeness (QED) is 0.611. The standard InChI is InChI=1S/C18H28O5/c1-13(19)8-6-4-5-7-9-16-14(11-18(20)21)10-15(22-2)12-17(16)23-3/h10,12-13,19H,4-9,11H2,1-3H3,(H,20,21). The zero-order valence-electron chi connectivity index (χ0n) is 14.3. The van der Waals surface area contributed by atoms with E-state index in [9.17, 15) is 9.90 Å². The molecule has 5 heteroatoms. The zero-order chi connectivity index (χ0) is 17.2. The number of aliphatic carboxylic acids is 1. The van der Waals surface area contributed by atoms with E-state index < -0.39 is 5.97 Å². The monoisotopic (exact) mass is 324 g/mol. The number of carbonyl (C=O) groups is 1. The SMILES string of the molecule is COc1cc(CC(=O)O)c(CCCCCCC(C)O)c(OC)c1. The minimum atomic E-state index is -0.863. The highest BCUT2D eigenvalue weighted by Gasteiger charge is 2.14. The molecule has 0 spiro atoms. The van der Waals surface area contributed by atoms with Crippen molar-refractivity contribution in [2.75, 3.05) is 14.2 Å². The Hall–Kier alpha value is -1.75. The predicted octanol–water partition coefficient (Wildman–Crippen LogP) is 3.20.